The third-order valence-corrected chi connectivity index (χ3v) is 13.5. The summed E-state index contributed by atoms with van der Waals surface area (Å²) in [6.07, 6.45) is 4.39. The minimum Gasteiger partial charge on any atom is -0.453 e. The van der Waals surface area contributed by atoms with Gasteiger partial charge in [-0.25, -0.2) is 19.6 Å². The SMILES string of the molecule is C.COC(=O)N[C@H](C(=O)N1CCC[C@H]1c1ncc(-c2ccc3c(c2)C(F)(F)c2cc(-c4ccc5nc([C@@H]6[C@H]7CC[C@H](C7)N6C(=O)[C@@H](NC(=O)OC)C(C)C)[nH]c5c4)ccc2-3)[nH]1)C(C)C. The molecule has 2 aromatic heterocycles. The molecular formula is C48H56F2N8O6. The Bertz CT molecular complexity index is 2620. The number of hydrogen-bond acceptors (Lipinski definition) is 8. The second-order valence-corrected chi connectivity index (χ2v) is 18.0. The average Bonchev–Trinajstić information content (AvgIpc) is 4.15. The third kappa shape index (κ3) is 7.53. The van der Waals surface area contributed by atoms with Crippen LogP contribution >= 0.6 is 0 Å². The number of ether oxygens (including phenoxy) is 2. The van der Waals surface area contributed by atoms with Crippen LogP contribution in [0.3, 0.4) is 0 Å². The fourth-order valence-electron chi connectivity index (χ4n) is 10.3. The van der Waals surface area contributed by atoms with Crippen LogP contribution in [0.1, 0.15) is 102 Å². The summed E-state index contributed by atoms with van der Waals surface area (Å²) >= 11 is 0. The summed E-state index contributed by atoms with van der Waals surface area (Å²) < 4.78 is 42.7. The number of piperidine rings is 1. The van der Waals surface area contributed by atoms with Crippen LogP contribution in [0.2, 0.25) is 0 Å². The van der Waals surface area contributed by atoms with Gasteiger partial charge in [0, 0.05) is 29.3 Å². The lowest BCUT2D eigenvalue weighted by molar-refractivity contribution is -0.139. The number of carbonyl (C=O) groups is 4. The Balaban J connectivity index is 0.00000560. The van der Waals surface area contributed by atoms with Crippen molar-refractivity contribution >= 4 is 35.0 Å². The molecule has 2 saturated heterocycles. The van der Waals surface area contributed by atoms with Crippen LogP contribution in [0.5, 0.6) is 0 Å². The van der Waals surface area contributed by atoms with E-state index in [1.807, 2.05) is 56.9 Å². The lowest BCUT2D eigenvalue weighted by Gasteiger charge is -2.37. The standard InChI is InChI=1S/C47H52F2N8O6.CH4/c1-23(2)38(54-45(60)62-5)43(58)56-17-7-8-37(56)41-50-22-36(53-41)27-11-15-31-30-14-10-25(19-32(30)47(48,49)33(31)20-27)26-12-16-34-35(21-26)52-42(51-34)40-28-9-13-29(18-28)57(40)44(59)39(24(3)4)55-46(61)63-6;/h10-12,14-16,19-24,28-29,37-40H,7-9,13,17-18H2,1-6H3,(H,50,53)(H,51,52)(H,54,60)(H,55,61);1H4/t28-,29+,37-,38-,39-,40-;/m0./s1. The van der Waals surface area contributed by atoms with Gasteiger partial charge in [0.1, 0.15) is 23.7 Å². The van der Waals surface area contributed by atoms with Crippen LogP contribution in [-0.4, -0.2) is 92.6 Å². The Morgan fingerprint density at radius 2 is 1.39 bits per heavy atom. The number of halogens is 2. The Kier molecular flexibility index (Phi) is 11.8. The molecular weight excluding hydrogens is 823 g/mol. The molecule has 9 rings (SSSR count). The molecule has 4 amide bonds. The first-order valence-corrected chi connectivity index (χ1v) is 21.7. The number of carbonyl (C=O) groups excluding carboxylic acids is 4. The van der Waals surface area contributed by atoms with E-state index in [9.17, 15) is 19.2 Å². The molecule has 14 nitrogen and oxygen atoms in total. The highest BCUT2D eigenvalue weighted by atomic mass is 19.3. The molecule has 5 aromatic rings. The predicted molar refractivity (Wildman–Crippen MR) is 237 cm³/mol. The number of nitrogens with zero attached hydrogens (tertiary/aromatic N) is 4. The molecule has 6 atom stereocenters. The first-order valence-electron chi connectivity index (χ1n) is 21.7. The maximum atomic E-state index is 16.6. The molecule has 4 heterocycles. The third-order valence-electron chi connectivity index (χ3n) is 13.5. The number of H-pyrrole nitrogens is 2. The molecule has 3 fully saturated rings. The van der Waals surface area contributed by atoms with Crippen molar-refractivity contribution < 1.29 is 37.4 Å². The van der Waals surface area contributed by atoms with E-state index in [4.69, 9.17) is 14.5 Å². The van der Waals surface area contributed by atoms with E-state index in [1.54, 1.807) is 35.4 Å². The first kappa shape index (κ1) is 44.3. The number of hydrogen-bond donors (Lipinski definition) is 4. The molecule has 338 valence electrons. The lowest BCUT2D eigenvalue weighted by Crippen LogP contribution is -2.54. The van der Waals surface area contributed by atoms with E-state index in [0.717, 1.165) is 36.8 Å². The van der Waals surface area contributed by atoms with Gasteiger partial charge < -0.3 is 39.9 Å². The topological polar surface area (TPSA) is 175 Å². The zero-order valence-electron chi connectivity index (χ0n) is 36.1. The van der Waals surface area contributed by atoms with Crippen molar-refractivity contribution in [3.63, 3.8) is 0 Å². The van der Waals surface area contributed by atoms with E-state index >= 15 is 8.78 Å². The smallest absolute Gasteiger partial charge is 0.407 e. The molecule has 0 unspecified atom stereocenters. The summed E-state index contributed by atoms with van der Waals surface area (Å²) in [5, 5.41) is 5.38. The second kappa shape index (κ2) is 17.0. The largest absolute Gasteiger partial charge is 0.453 e. The predicted octanol–water partition coefficient (Wildman–Crippen LogP) is 8.85. The van der Waals surface area contributed by atoms with Gasteiger partial charge in [-0.2, -0.15) is 8.78 Å². The summed E-state index contributed by atoms with van der Waals surface area (Å²) in [6.45, 7) is 7.98. The monoisotopic (exact) mass is 878 g/mol. The van der Waals surface area contributed by atoms with Crippen LogP contribution in [0.25, 0.3) is 44.5 Å². The molecule has 1 saturated carbocycles. The van der Waals surface area contributed by atoms with Crippen molar-refractivity contribution in [3.8, 4) is 33.5 Å². The summed E-state index contributed by atoms with van der Waals surface area (Å²) in [5.74, 6) is -2.59. The minimum absolute atomic E-state index is 0. The van der Waals surface area contributed by atoms with Crippen molar-refractivity contribution in [2.45, 2.75) is 103 Å². The highest BCUT2D eigenvalue weighted by Crippen LogP contribution is 2.53. The van der Waals surface area contributed by atoms with Gasteiger partial charge in [0.2, 0.25) is 11.8 Å². The molecule has 0 radical (unpaired) electrons. The number of imidazole rings is 2. The molecule has 64 heavy (non-hydrogen) atoms. The fraction of sp³-hybridized carbons (Fsp3) is 0.458. The molecule has 16 heteroatoms. The molecule has 2 bridgehead atoms. The first-order chi connectivity index (χ1) is 30.2. The Morgan fingerprint density at radius 1 is 0.781 bits per heavy atom. The number of methoxy groups -OCH3 is 2. The van der Waals surface area contributed by atoms with E-state index in [1.165, 1.54) is 20.3 Å². The minimum atomic E-state index is -3.29. The number of aromatic amines is 2. The summed E-state index contributed by atoms with van der Waals surface area (Å²) in [4.78, 5) is 71.8. The van der Waals surface area contributed by atoms with Crippen molar-refractivity contribution in [1.82, 2.24) is 40.4 Å². The van der Waals surface area contributed by atoms with Gasteiger partial charge in [-0.05, 0) is 96.4 Å². The van der Waals surface area contributed by atoms with Crippen molar-refractivity contribution in [1.29, 1.82) is 0 Å². The maximum Gasteiger partial charge on any atom is 0.407 e. The number of alkyl carbamates (subject to hydrolysis) is 2. The van der Waals surface area contributed by atoms with Gasteiger partial charge in [-0.1, -0.05) is 65.5 Å². The summed E-state index contributed by atoms with van der Waals surface area (Å²) in [5.41, 5.74) is 4.62. The van der Waals surface area contributed by atoms with Crippen LogP contribution in [0, 0.1) is 17.8 Å². The lowest BCUT2D eigenvalue weighted by atomic mass is 9.95. The zero-order valence-corrected chi connectivity index (χ0v) is 36.1. The van der Waals surface area contributed by atoms with Gasteiger partial charge in [-0.3, -0.25) is 9.59 Å². The maximum absolute atomic E-state index is 16.6. The summed E-state index contributed by atoms with van der Waals surface area (Å²) in [7, 11) is 2.53. The number of likely N-dealkylation sites (tertiary alicyclic amines) is 2. The number of nitrogens with one attached hydrogen (secondary N) is 4. The summed E-state index contributed by atoms with van der Waals surface area (Å²) in [6, 6.07) is 13.7. The van der Waals surface area contributed by atoms with Gasteiger partial charge in [0.15, 0.2) is 0 Å². The molecule has 4 N–H and O–H groups in total. The number of amides is 4. The van der Waals surface area contributed by atoms with E-state index in [0.29, 0.717) is 58.1 Å². The molecule has 4 aliphatic rings. The molecule has 0 spiro atoms. The highest BCUT2D eigenvalue weighted by molar-refractivity contribution is 5.89. The fourth-order valence-corrected chi connectivity index (χ4v) is 10.3. The van der Waals surface area contributed by atoms with Crippen LogP contribution in [0.15, 0.2) is 60.8 Å². The number of aromatic nitrogens is 4. The zero-order chi connectivity index (χ0) is 44.5. The Morgan fingerprint density at radius 3 is 2.05 bits per heavy atom. The number of fused-ring (bicyclic) bond motifs is 6. The number of alkyl halides is 2. The number of rotatable bonds is 10. The number of benzene rings is 3. The van der Waals surface area contributed by atoms with Crippen LogP contribution in [-0.2, 0) is 25.0 Å². The second-order valence-electron chi connectivity index (χ2n) is 18.0. The van der Waals surface area contributed by atoms with Gasteiger partial charge in [0.25, 0.3) is 5.92 Å². The average molecular weight is 879 g/mol. The quantitative estimate of drug-likeness (QED) is 0.108. The van der Waals surface area contributed by atoms with E-state index < -0.39 is 30.2 Å². The van der Waals surface area contributed by atoms with Crippen molar-refractivity contribution in [2.75, 3.05) is 20.8 Å². The molecule has 2 aliphatic carbocycles. The van der Waals surface area contributed by atoms with Crippen molar-refractivity contribution in [3.05, 3.63) is 83.6 Å². The molecule has 3 aromatic carbocycles. The van der Waals surface area contributed by atoms with E-state index in [2.05, 4.69) is 25.6 Å². The highest BCUT2D eigenvalue weighted by Gasteiger charge is 2.52. The Hall–Kier alpha value is -6.32. The van der Waals surface area contributed by atoms with Gasteiger partial charge >= 0.3 is 12.2 Å². The van der Waals surface area contributed by atoms with Crippen LogP contribution in [0.4, 0.5) is 18.4 Å². The van der Waals surface area contributed by atoms with Crippen molar-refractivity contribution in [2.24, 2.45) is 17.8 Å². The van der Waals surface area contributed by atoms with Gasteiger partial charge in [-0.15, -0.1) is 0 Å². The van der Waals surface area contributed by atoms with Crippen LogP contribution < -0.4 is 10.6 Å². The van der Waals surface area contributed by atoms with E-state index in [-0.39, 0.29) is 66.2 Å². The normalized spacial score (nSPS) is 21.4. The molecule has 2 aliphatic heterocycles. The van der Waals surface area contributed by atoms with Gasteiger partial charge in [0.05, 0.1) is 49.2 Å². The Labute approximate surface area is 370 Å².